The van der Waals surface area contributed by atoms with Crippen molar-refractivity contribution in [2.45, 2.75) is 12.5 Å². The van der Waals surface area contributed by atoms with Crippen LogP contribution in [0.2, 0.25) is 0 Å². The summed E-state index contributed by atoms with van der Waals surface area (Å²) in [6.45, 7) is 0. The van der Waals surface area contributed by atoms with Crippen LogP contribution in [-0.2, 0) is 9.59 Å². The van der Waals surface area contributed by atoms with Crippen molar-refractivity contribution < 1.29 is 9.59 Å². The molecular weight excluding hydrogens is 218 g/mol. The van der Waals surface area contributed by atoms with Crippen LogP contribution in [0.4, 0.5) is 5.69 Å². The smallest absolute Gasteiger partial charge is 0.252 e. The molecule has 0 aliphatic carbocycles. The van der Waals surface area contributed by atoms with E-state index in [-0.39, 0.29) is 18.2 Å². The summed E-state index contributed by atoms with van der Waals surface area (Å²) in [6.07, 6.45) is 0.200. The van der Waals surface area contributed by atoms with Crippen LogP contribution >= 0.6 is 0 Å². The van der Waals surface area contributed by atoms with Gasteiger partial charge >= 0.3 is 0 Å². The van der Waals surface area contributed by atoms with Crippen molar-refractivity contribution in [2.75, 3.05) is 19.0 Å². The maximum absolute atomic E-state index is 12.1. The molecule has 0 bridgehead atoms. The lowest BCUT2D eigenvalue weighted by atomic mass is 10.2. The fourth-order valence-electron chi connectivity index (χ4n) is 1.89. The van der Waals surface area contributed by atoms with Crippen LogP contribution in [0.25, 0.3) is 0 Å². The Balaban J connectivity index is 2.20. The molecule has 0 unspecified atom stereocenters. The van der Waals surface area contributed by atoms with Crippen molar-refractivity contribution in [1.82, 2.24) is 10.4 Å². The molecule has 1 fully saturated rings. The quantitative estimate of drug-likeness (QED) is 0.606. The number of hydrazine groups is 1. The van der Waals surface area contributed by atoms with Gasteiger partial charge in [-0.05, 0) is 12.1 Å². The van der Waals surface area contributed by atoms with Gasteiger partial charge in [0.05, 0.1) is 12.1 Å². The first-order valence-electron chi connectivity index (χ1n) is 5.45. The summed E-state index contributed by atoms with van der Waals surface area (Å²) >= 11 is 0. The summed E-state index contributed by atoms with van der Waals surface area (Å²) in [5.41, 5.74) is 3.57. The van der Waals surface area contributed by atoms with Gasteiger partial charge in [0.15, 0.2) is 0 Å². The van der Waals surface area contributed by atoms with Crippen LogP contribution in [0.1, 0.15) is 6.42 Å². The zero-order valence-corrected chi connectivity index (χ0v) is 9.88. The Kier molecular flexibility index (Phi) is 3.21. The second-order valence-electron chi connectivity index (χ2n) is 4.18. The van der Waals surface area contributed by atoms with Crippen molar-refractivity contribution in [2.24, 2.45) is 0 Å². The highest BCUT2D eigenvalue weighted by molar-refractivity contribution is 6.22. The third kappa shape index (κ3) is 2.35. The first-order chi connectivity index (χ1) is 8.09. The topological polar surface area (TPSA) is 52.7 Å². The van der Waals surface area contributed by atoms with Crippen LogP contribution in [-0.4, -0.2) is 37.0 Å². The summed E-state index contributed by atoms with van der Waals surface area (Å²) < 4.78 is 0. The number of anilines is 1. The van der Waals surface area contributed by atoms with Gasteiger partial charge in [-0.25, -0.2) is 15.3 Å². The van der Waals surface area contributed by atoms with E-state index in [0.29, 0.717) is 5.69 Å². The Bertz CT molecular complexity index is 431. The summed E-state index contributed by atoms with van der Waals surface area (Å²) in [5.74, 6) is -0.365. The summed E-state index contributed by atoms with van der Waals surface area (Å²) in [4.78, 5) is 25.1. The van der Waals surface area contributed by atoms with Gasteiger partial charge in [-0.15, -0.1) is 0 Å². The SMILES string of the molecule is CN(C)N[C@@H]1CC(=O)N(c2ccccc2)C1=O. The lowest BCUT2D eigenvalue weighted by Gasteiger charge is -2.18. The molecule has 1 saturated heterocycles. The van der Waals surface area contributed by atoms with Crippen LogP contribution in [0, 0.1) is 0 Å². The largest absolute Gasteiger partial charge is 0.274 e. The van der Waals surface area contributed by atoms with Gasteiger partial charge in [0.2, 0.25) is 5.91 Å². The van der Waals surface area contributed by atoms with E-state index in [0.717, 1.165) is 0 Å². The van der Waals surface area contributed by atoms with E-state index in [4.69, 9.17) is 0 Å². The molecule has 1 aromatic carbocycles. The van der Waals surface area contributed by atoms with Gasteiger partial charge in [0.25, 0.3) is 5.91 Å². The van der Waals surface area contributed by atoms with E-state index in [1.807, 2.05) is 18.2 Å². The maximum Gasteiger partial charge on any atom is 0.252 e. The monoisotopic (exact) mass is 233 g/mol. The van der Waals surface area contributed by atoms with Gasteiger partial charge in [-0.1, -0.05) is 18.2 Å². The minimum atomic E-state index is -0.460. The van der Waals surface area contributed by atoms with Gasteiger partial charge in [0.1, 0.15) is 6.04 Å². The van der Waals surface area contributed by atoms with E-state index < -0.39 is 6.04 Å². The molecule has 90 valence electrons. The number of para-hydroxylation sites is 1. The maximum atomic E-state index is 12.1. The minimum absolute atomic E-state index is 0.166. The Morgan fingerprint density at radius 2 is 1.88 bits per heavy atom. The van der Waals surface area contributed by atoms with Crippen molar-refractivity contribution in [3.63, 3.8) is 0 Å². The van der Waals surface area contributed by atoms with Crippen LogP contribution in [0.3, 0.4) is 0 Å². The van der Waals surface area contributed by atoms with Gasteiger partial charge in [-0.2, -0.15) is 0 Å². The number of nitrogens with zero attached hydrogens (tertiary/aromatic N) is 2. The van der Waals surface area contributed by atoms with E-state index in [1.54, 1.807) is 31.2 Å². The molecule has 2 rings (SSSR count). The number of carbonyl (C=O) groups excluding carboxylic acids is 2. The van der Waals surface area contributed by atoms with Crippen molar-refractivity contribution >= 4 is 17.5 Å². The predicted octanol–water partition coefficient (Wildman–Crippen LogP) is 0.385. The molecule has 1 aliphatic rings. The first-order valence-corrected chi connectivity index (χ1v) is 5.45. The summed E-state index contributed by atoms with van der Waals surface area (Å²) in [6, 6.07) is 8.52. The second kappa shape index (κ2) is 4.65. The number of nitrogens with one attached hydrogen (secondary N) is 1. The lowest BCUT2D eigenvalue weighted by Crippen LogP contribution is -2.45. The Labute approximate surface area is 100.0 Å². The second-order valence-corrected chi connectivity index (χ2v) is 4.18. The molecule has 5 heteroatoms. The normalized spacial score (nSPS) is 20.4. The number of carbonyl (C=O) groups is 2. The zero-order valence-electron chi connectivity index (χ0n) is 9.88. The number of benzene rings is 1. The van der Waals surface area contributed by atoms with Crippen molar-refractivity contribution in [3.05, 3.63) is 30.3 Å². The van der Waals surface area contributed by atoms with E-state index in [2.05, 4.69) is 5.43 Å². The van der Waals surface area contributed by atoms with Crippen molar-refractivity contribution in [3.8, 4) is 0 Å². The minimum Gasteiger partial charge on any atom is -0.274 e. The zero-order chi connectivity index (χ0) is 12.4. The molecule has 0 radical (unpaired) electrons. The van der Waals surface area contributed by atoms with E-state index in [1.165, 1.54) is 4.90 Å². The van der Waals surface area contributed by atoms with Gasteiger partial charge in [0, 0.05) is 14.1 Å². The molecule has 1 N–H and O–H groups in total. The van der Waals surface area contributed by atoms with Gasteiger partial charge < -0.3 is 0 Å². The highest BCUT2D eigenvalue weighted by Gasteiger charge is 2.39. The average Bonchev–Trinajstić information content (AvgIpc) is 2.54. The van der Waals surface area contributed by atoms with E-state index >= 15 is 0 Å². The molecule has 1 heterocycles. The number of hydrogen-bond acceptors (Lipinski definition) is 4. The van der Waals surface area contributed by atoms with Crippen molar-refractivity contribution in [1.29, 1.82) is 0 Å². The third-order valence-electron chi connectivity index (χ3n) is 2.58. The fraction of sp³-hybridized carbons (Fsp3) is 0.333. The fourth-order valence-corrected chi connectivity index (χ4v) is 1.89. The Morgan fingerprint density at radius 1 is 1.24 bits per heavy atom. The first kappa shape index (κ1) is 11.8. The van der Waals surface area contributed by atoms with Crippen LogP contribution in [0.5, 0.6) is 0 Å². The summed E-state index contributed by atoms with van der Waals surface area (Å²) in [5, 5.41) is 1.68. The molecular formula is C12H15N3O2. The lowest BCUT2D eigenvalue weighted by molar-refractivity contribution is -0.122. The molecule has 0 saturated carbocycles. The van der Waals surface area contributed by atoms with Crippen LogP contribution in [0.15, 0.2) is 30.3 Å². The molecule has 2 amide bonds. The molecule has 0 aromatic heterocycles. The Hall–Kier alpha value is -1.72. The average molecular weight is 233 g/mol. The number of amides is 2. The molecule has 1 aromatic rings. The summed E-state index contributed by atoms with van der Waals surface area (Å²) in [7, 11) is 3.59. The molecule has 5 nitrogen and oxygen atoms in total. The number of hydrogen-bond donors (Lipinski definition) is 1. The standard InChI is InChI=1S/C12H15N3O2/c1-14(2)13-10-8-11(16)15(12(10)17)9-6-4-3-5-7-9/h3-7,10,13H,8H2,1-2H3/t10-/m1/s1. The number of imide groups is 1. The third-order valence-corrected chi connectivity index (χ3v) is 2.58. The van der Waals surface area contributed by atoms with Gasteiger partial charge in [-0.3, -0.25) is 9.59 Å². The number of rotatable bonds is 3. The Morgan fingerprint density at radius 3 is 2.47 bits per heavy atom. The van der Waals surface area contributed by atoms with E-state index in [9.17, 15) is 9.59 Å². The predicted molar refractivity (Wildman–Crippen MR) is 64.2 cm³/mol. The molecule has 1 aliphatic heterocycles. The highest BCUT2D eigenvalue weighted by Crippen LogP contribution is 2.22. The van der Waals surface area contributed by atoms with Crippen LogP contribution < -0.4 is 10.3 Å². The molecule has 0 spiro atoms. The molecule has 17 heavy (non-hydrogen) atoms. The highest BCUT2D eigenvalue weighted by atomic mass is 16.2. The molecule has 1 atom stereocenters.